The zero-order valence-electron chi connectivity index (χ0n) is 18.8. The molecule has 4 rings (SSSR count). The Bertz CT molecular complexity index is 1310. The Kier molecular flexibility index (Phi) is 6.93. The molecule has 0 aliphatic rings. The van der Waals surface area contributed by atoms with Crippen molar-refractivity contribution in [3.05, 3.63) is 102 Å². The van der Waals surface area contributed by atoms with Crippen molar-refractivity contribution in [1.29, 1.82) is 0 Å². The summed E-state index contributed by atoms with van der Waals surface area (Å²) < 4.78 is 41.1. The molecule has 1 heterocycles. The lowest BCUT2D eigenvalue weighted by Crippen LogP contribution is -2.27. The van der Waals surface area contributed by atoms with Gasteiger partial charge in [0.2, 0.25) is 5.91 Å². The van der Waals surface area contributed by atoms with Crippen molar-refractivity contribution in [1.82, 2.24) is 9.97 Å². The molecule has 0 bridgehead atoms. The van der Waals surface area contributed by atoms with Crippen molar-refractivity contribution >= 4 is 11.6 Å². The number of rotatable bonds is 7. The van der Waals surface area contributed by atoms with Gasteiger partial charge in [0.15, 0.2) is 0 Å². The fourth-order valence-electron chi connectivity index (χ4n) is 3.56. The van der Waals surface area contributed by atoms with Gasteiger partial charge in [-0.3, -0.25) is 14.8 Å². The number of aromatic nitrogens is 2. The molecule has 1 aromatic heterocycles. The van der Waals surface area contributed by atoms with Crippen LogP contribution >= 0.6 is 0 Å². The third-order valence-corrected chi connectivity index (χ3v) is 5.49. The topological polar surface area (TPSA) is 75.1 Å². The van der Waals surface area contributed by atoms with Gasteiger partial charge in [-0.15, -0.1) is 0 Å². The van der Waals surface area contributed by atoms with E-state index in [0.717, 1.165) is 18.1 Å². The van der Waals surface area contributed by atoms with Crippen LogP contribution in [0.4, 0.5) is 18.9 Å². The highest BCUT2D eigenvalue weighted by Gasteiger charge is 2.37. The van der Waals surface area contributed by atoms with Crippen LogP contribution in [-0.2, 0) is 17.1 Å². The van der Waals surface area contributed by atoms with E-state index < -0.39 is 12.0 Å². The number of halogens is 3. The van der Waals surface area contributed by atoms with Crippen molar-refractivity contribution in [2.45, 2.75) is 25.4 Å². The van der Waals surface area contributed by atoms with Crippen LogP contribution in [0.3, 0.4) is 0 Å². The summed E-state index contributed by atoms with van der Waals surface area (Å²) in [7, 11) is 0. The summed E-state index contributed by atoms with van der Waals surface area (Å²) in [5, 5.41) is 12.0. The number of amides is 1. The van der Waals surface area contributed by atoms with E-state index in [0.29, 0.717) is 22.6 Å². The summed E-state index contributed by atoms with van der Waals surface area (Å²) in [6.07, 6.45) is 1.32. The zero-order valence-corrected chi connectivity index (χ0v) is 18.8. The maximum absolute atomic E-state index is 13.9. The molecular formula is C27H22F3N3O2. The van der Waals surface area contributed by atoms with Gasteiger partial charge in [0.1, 0.15) is 11.9 Å². The maximum Gasteiger partial charge on any atom is 0.298 e. The second kappa shape index (κ2) is 10.1. The molecule has 1 atom stereocenters. The molecule has 2 N–H and O–H groups in total. The minimum atomic E-state index is -3.36. The SMILES string of the molecule is CC(O)C(F)(F)c1ccc(CC(=O)Nc2ccc(-c3nccnc3-c3ccc(F)cc3)cc2)cc1. The number of aliphatic hydroxyl groups excluding tert-OH is 1. The van der Waals surface area contributed by atoms with Gasteiger partial charge in [0.05, 0.1) is 17.8 Å². The largest absolute Gasteiger partial charge is 0.387 e. The number of nitrogens with zero attached hydrogens (tertiary/aromatic N) is 2. The third kappa shape index (κ3) is 5.55. The molecule has 0 saturated carbocycles. The molecule has 5 nitrogen and oxygen atoms in total. The van der Waals surface area contributed by atoms with Crippen molar-refractivity contribution in [3.8, 4) is 22.5 Å². The average Bonchev–Trinajstić information content (AvgIpc) is 2.85. The van der Waals surface area contributed by atoms with Gasteiger partial charge in [0, 0.05) is 34.8 Å². The van der Waals surface area contributed by atoms with Crippen LogP contribution in [0.25, 0.3) is 22.5 Å². The van der Waals surface area contributed by atoms with Gasteiger partial charge in [-0.05, 0) is 48.9 Å². The number of aliphatic hydroxyl groups is 1. The van der Waals surface area contributed by atoms with Crippen LogP contribution in [0, 0.1) is 5.82 Å². The van der Waals surface area contributed by atoms with Crippen LogP contribution in [0.5, 0.6) is 0 Å². The fraction of sp³-hybridized carbons (Fsp3) is 0.148. The van der Waals surface area contributed by atoms with E-state index in [2.05, 4.69) is 15.3 Å². The normalized spacial score (nSPS) is 12.3. The Morgan fingerprint density at radius 3 is 1.91 bits per heavy atom. The highest BCUT2D eigenvalue weighted by molar-refractivity contribution is 5.92. The Morgan fingerprint density at radius 2 is 1.40 bits per heavy atom. The van der Waals surface area contributed by atoms with Gasteiger partial charge in [-0.25, -0.2) is 4.39 Å². The molecule has 0 spiro atoms. The lowest BCUT2D eigenvalue weighted by atomic mass is 10.0. The molecule has 1 unspecified atom stereocenters. The molecule has 3 aromatic carbocycles. The molecule has 0 fully saturated rings. The van der Waals surface area contributed by atoms with Gasteiger partial charge in [-0.1, -0.05) is 36.4 Å². The molecular weight excluding hydrogens is 455 g/mol. The lowest BCUT2D eigenvalue weighted by Gasteiger charge is -2.19. The Morgan fingerprint density at radius 1 is 0.886 bits per heavy atom. The van der Waals surface area contributed by atoms with E-state index in [1.807, 2.05) is 0 Å². The molecule has 8 heteroatoms. The zero-order chi connectivity index (χ0) is 25.0. The first-order valence-corrected chi connectivity index (χ1v) is 10.9. The molecule has 0 aliphatic carbocycles. The van der Waals surface area contributed by atoms with Gasteiger partial charge >= 0.3 is 0 Å². The predicted octanol–water partition coefficient (Wildman–Crippen LogP) is 5.60. The van der Waals surface area contributed by atoms with Crippen LogP contribution in [-0.4, -0.2) is 27.1 Å². The quantitative estimate of drug-likeness (QED) is 0.363. The first-order valence-electron chi connectivity index (χ1n) is 10.9. The summed E-state index contributed by atoms with van der Waals surface area (Å²) >= 11 is 0. The van der Waals surface area contributed by atoms with Gasteiger partial charge < -0.3 is 10.4 Å². The molecule has 0 aliphatic heterocycles. The third-order valence-electron chi connectivity index (χ3n) is 5.49. The lowest BCUT2D eigenvalue weighted by molar-refractivity contribution is -0.115. The summed E-state index contributed by atoms with van der Waals surface area (Å²) in [5.74, 6) is -4.00. The van der Waals surface area contributed by atoms with E-state index in [1.165, 1.54) is 36.4 Å². The van der Waals surface area contributed by atoms with Crippen molar-refractivity contribution in [2.75, 3.05) is 5.32 Å². The van der Waals surface area contributed by atoms with Crippen LogP contribution in [0.15, 0.2) is 85.2 Å². The Hall–Kier alpha value is -4.04. The predicted molar refractivity (Wildman–Crippen MR) is 127 cm³/mol. The number of carbonyl (C=O) groups is 1. The smallest absolute Gasteiger partial charge is 0.298 e. The van der Waals surface area contributed by atoms with Gasteiger partial charge in [-0.2, -0.15) is 8.78 Å². The number of nitrogens with one attached hydrogen (secondary N) is 1. The number of hydrogen-bond donors (Lipinski definition) is 2. The minimum absolute atomic E-state index is 0.00115. The van der Waals surface area contributed by atoms with E-state index in [-0.39, 0.29) is 23.7 Å². The molecule has 1 amide bonds. The Labute approximate surface area is 200 Å². The first-order chi connectivity index (χ1) is 16.7. The van der Waals surface area contributed by atoms with E-state index in [1.54, 1.807) is 48.8 Å². The van der Waals surface area contributed by atoms with Gasteiger partial charge in [0.25, 0.3) is 5.92 Å². The highest BCUT2D eigenvalue weighted by Crippen LogP contribution is 2.32. The fourth-order valence-corrected chi connectivity index (χ4v) is 3.56. The minimum Gasteiger partial charge on any atom is -0.387 e. The molecule has 0 saturated heterocycles. The second-order valence-electron chi connectivity index (χ2n) is 8.06. The molecule has 178 valence electrons. The first kappa shape index (κ1) is 24.1. The summed E-state index contributed by atoms with van der Waals surface area (Å²) in [6, 6.07) is 18.3. The number of alkyl halides is 2. The molecule has 4 aromatic rings. The number of hydrogen-bond acceptors (Lipinski definition) is 4. The van der Waals surface area contributed by atoms with Crippen LogP contribution < -0.4 is 5.32 Å². The van der Waals surface area contributed by atoms with E-state index in [9.17, 15) is 23.1 Å². The van der Waals surface area contributed by atoms with E-state index >= 15 is 0 Å². The monoisotopic (exact) mass is 477 g/mol. The van der Waals surface area contributed by atoms with Crippen molar-refractivity contribution < 1.29 is 23.1 Å². The van der Waals surface area contributed by atoms with Crippen molar-refractivity contribution in [2.24, 2.45) is 0 Å². The highest BCUT2D eigenvalue weighted by atomic mass is 19.3. The van der Waals surface area contributed by atoms with E-state index in [4.69, 9.17) is 0 Å². The van der Waals surface area contributed by atoms with Crippen molar-refractivity contribution in [3.63, 3.8) is 0 Å². The number of carbonyl (C=O) groups excluding carboxylic acids is 1. The molecule has 0 radical (unpaired) electrons. The Balaban J connectivity index is 1.44. The summed E-state index contributed by atoms with van der Waals surface area (Å²) in [6.45, 7) is 1.03. The summed E-state index contributed by atoms with van der Waals surface area (Å²) in [5.41, 5.74) is 3.53. The maximum atomic E-state index is 13.9. The average molecular weight is 477 g/mol. The second-order valence-corrected chi connectivity index (χ2v) is 8.06. The summed E-state index contributed by atoms with van der Waals surface area (Å²) in [4.78, 5) is 21.2. The number of anilines is 1. The number of benzene rings is 3. The van der Waals surface area contributed by atoms with Crippen LogP contribution in [0.2, 0.25) is 0 Å². The standard InChI is InChI=1S/C27H22F3N3O2/c1-17(34)27(29,30)21-8-2-18(3-9-21)16-24(35)33-23-12-6-20(7-13-23)26-25(31-14-15-32-26)19-4-10-22(28)11-5-19/h2-15,17,34H,16H2,1H3,(H,33,35). The molecule has 35 heavy (non-hydrogen) atoms. The van der Waals surface area contributed by atoms with Crippen LogP contribution in [0.1, 0.15) is 18.1 Å².